The molecule has 0 radical (unpaired) electrons. The fourth-order valence-corrected chi connectivity index (χ4v) is 4.57. The van der Waals surface area contributed by atoms with E-state index in [1.165, 1.54) is 42.5 Å². The largest absolute Gasteiger partial charge is 0.507 e. The van der Waals surface area contributed by atoms with Crippen molar-refractivity contribution in [3.8, 4) is 28.0 Å². The van der Waals surface area contributed by atoms with Gasteiger partial charge in [0.05, 0.1) is 16.1 Å². The Bertz CT molecular complexity index is 1740. The maximum absolute atomic E-state index is 13.6. The van der Waals surface area contributed by atoms with Crippen molar-refractivity contribution in [2.75, 3.05) is 0 Å². The molecule has 214 valence electrons. The van der Waals surface area contributed by atoms with Crippen LogP contribution < -0.4 is 5.32 Å². The highest BCUT2D eigenvalue weighted by atomic mass is 35.5. The van der Waals surface area contributed by atoms with Crippen LogP contribution in [0, 0.1) is 12.7 Å². The van der Waals surface area contributed by atoms with Crippen LogP contribution in [0.2, 0.25) is 5.02 Å². The summed E-state index contributed by atoms with van der Waals surface area (Å²) in [5.41, 5.74) is 2.33. The summed E-state index contributed by atoms with van der Waals surface area (Å²) in [5.74, 6) is -0.972. The molecule has 0 saturated carbocycles. The van der Waals surface area contributed by atoms with E-state index in [1.807, 2.05) is 24.3 Å². The van der Waals surface area contributed by atoms with Crippen LogP contribution in [-0.4, -0.2) is 21.2 Å². The van der Waals surface area contributed by atoms with Crippen molar-refractivity contribution >= 4 is 17.5 Å². The van der Waals surface area contributed by atoms with E-state index in [9.17, 15) is 27.5 Å². The zero-order valence-electron chi connectivity index (χ0n) is 21.9. The summed E-state index contributed by atoms with van der Waals surface area (Å²) in [6, 6.07) is 19.7. The molecule has 11 heteroatoms. The number of nitrogens with zero attached hydrogens (tertiary/aromatic N) is 2. The van der Waals surface area contributed by atoms with E-state index in [-0.39, 0.29) is 28.6 Å². The number of amides is 1. The number of alkyl halides is 3. The van der Waals surface area contributed by atoms with Crippen LogP contribution in [-0.2, 0) is 12.6 Å². The van der Waals surface area contributed by atoms with Gasteiger partial charge in [0.15, 0.2) is 5.82 Å². The van der Waals surface area contributed by atoms with Crippen LogP contribution in [0.5, 0.6) is 5.75 Å². The second-order valence-corrected chi connectivity index (χ2v) is 9.95. The number of aryl methyl sites for hydroxylation is 1. The number of hydrogen-bond acceptors (Lipinski definition) is 5. The number of nitrogens with one attached hydrogen (secondary N) is 1. The maximum Gasteiger partial charge on any atom is 0.416 e. The molecule has 4 aromatic carbocycles. The average Bonchev–Trinajstić information content (AvgIpc) is 3.40. The quantitative estimate of drug-likeness (QED) is 0.186. The molecule has 6 nitrogen and oxygen atoms in total. The fraction of sp³-hybridized carbons (Fsp3) is 0.129. The molecule has 0 aliphatic heterocycles. The molecule has 0 unspecified atom stereocenters. The monoisotopic (exact) mass is 595 g/mol. The zero-order chi connectivity index (χ0) is 30.0. The molecule has 5 aromatic rings. The third-order valence-corrected chi connectivity index (χ3v) is 6.87. The van der Waals surface area contributed by atoms with Crippen molar-refractivity contribution in [1.82, 2.24) is 15.5 Å². The van der Waals surface area contributed by atoms with Gasteiger partial charge in [0.25, 0.3) is 5.91 Å². The third-order valence-electron chi connectivity index (χ3n) is 6.58. The van der Waals surface area contributed by atoms with E-state index in [0.29, 0.717) is 17.0 Å². The number of carbonyl (C=O) groups is 1. The molecular formula is C31H22ClF4N3O3. The van der Waals surface area contributed by atoms with Crippen LogP contribution in [0.1, 0.15) is 39.2 Å². The molecule has 5 rings (SSSR count). The van der Waals surface area contributed by atoms with E-state index < -0.39 is 29.5 Å². The van der Waals surface area contributed by atoms with Crippen molar-refractivity contribution in [3.05, 3.63) is 124 Å². The summed E-state index contributed by atoms with van der Waals surface area (Å²) in [7, 11) is 0. The number of phenols is 1. The molecule has 0 aliphatic rings. The molecule has 1 atom stereocenters. The first-order chi connectivity index (χ1) is 20.0. The van der Waals surface area contributed by atoms with Gasteiger partial charge >= 0.3 is 6.18 Å². The minimum Gasteiger partial charge on any atom is -0.507 e. The van der Waals surface area contributed by atoms with Crippen LogP contribution in [0.4, 0.5) is 17.6 Å². The minimum atomic E-state index is -4.48. The number of benzene rings is 4. The third kappa shape index (κ3) is 6.44. The lowest BCUT2D eigenvalue weighted by molar-refractivity contribution is -0.137. The fourth-order valence-electron chi connectivity index (χ4n) is 4.38. The molecule has 1 aromatic heterocycles. The number of carbonyl (C=O) groups excluding carboxylic acids is 1. The molecule has 0 spiro atoms. The Kier molecular flexibility index (Phi) is 8.00. The van der Waals surface area contributed by atoms with Crippen LogP contribution in [0.15, 0.2) is 89.5 Å². The zero-order valence-corrected chi connectivity index (χ0v) is 22.7. The van der Waals surface area contributed by atoms with Crippen LogP contribution in [0.25, 0.3) is 22.3 Å². The van der Waals surface area contributed by atoms with E-state index in [4.69, 9.17) is 16.1 Å². The first kappa shape index (κ1) is 28.8. The molecular weight excluding hydrogens is 574 g/mol. The van der Waals surface area contributed by atoms with E-state index in [0.717, 1.165) is 28.8 Å². The normalized spacial score (nSPS) is 12.2. The number of rotatable bonds is 7. The number of aromatic hydroxyl groups is 1. The number of aromatic nitrogens is 2. The Morgan fingerprint density at radius 2 is 1.52 bits per heavy atom. The smallest absolute Gasteiger partial charge is 0.416 e. The van der Waals surface area contributed by atoms with Crippen molar-refractivity contribution in [2.24, 2.45) is 0 Å². The lowest BCUT2D eigenvalue weighted by Crippen LogP contribution is -2.30. The van der Waals surface area contributed by atoms with E-state index >= 15 is 0 Å². The molecule has 0 saturated heterocycles. The molecule has 2 N–H and O–H groups in total. The van der Waals surface area contributed by atoms with E-state index in [2.05, 4.69) is 15.5 Å². The molecule has 0 bridgehead atoms. The Hall–Kier alpha value is -4.70. The highest BCUT2D eigenvalue weighted by molar-refractivity contribution is 6.31. The number of hydrogen-bond donors (Lipinski definition) is 2. The number of halogens is 5. The summed E-state index contributed by atoms with van der Waals surface area (Å²) in [5, 5.41) is 17.1. The van der Waals surface area contributed by atoms with Crippen molar-refractivity contribution in [2.45, 2.75) is 25.6 Å². The Morgan fingerprint density at radius 1 is 0.929 bits per heavy atom. The van der Waals surface area contributed by atoms with Gasteiger partial charge in [-0.3, -0.25) is 4.79 Å². The highest BCUT2D eigenvalue weighted by Gasteiger charge is 2.30. The molecule has 42 heavy (non-hydrogen) atoms. The van der Waals surface area contributed by atoms with Gasteiger partial charge in [-0.25, -0.2) is 4.39 Å². The summed E-state index contributed by atoms with van der Waals surface area (Å²) >= 11 is 5.91. The van der Waals surface area contributed by atoms with Gasteiger partial charge in [-0.2, -0.15) is 18.2 Å². The van der Waals surface area contributed by atoms with Gasteiger partial charge in [-0.1, -0.05) is 65.3 Å². The average molecular weight is 596 g/mol. The van der Waals surface area contributed by atoms with Crippen molar-refractivity contribution < 1.29 is 32.0 Å². The minimum absolute atomic E-state index is 0.0109. The molecule has 1 heterocycles. The second-order valence-electron chi connectivity index (χ2n) is 9.54. The Labute approximate surface area is 242 Å². The SMILES string of the molecule is Cc1noc([C@@H](Cc2ccc(-c3ccc(F)c(Cl)c3)cc2)NC(=O)c2cc(-c3ccc(C(F)(F)F)cc3)ccc2O)n1. The molecule has 1 amide bonds. The van der Waals surface area contributed by atoms with Gasteiger partial charge < -0.3 is 14.9 Å². The molecule has 0 fully saturated rings. The van der Waals surface area contributed by atoms with E-state index in [1.54, 1.807) is 13.0 Å². The van der Waals surface area contributed by atoms with Gasteiger partial charge in [-0.15, -0.1) is 0 Å². The lowest BCUT2D eigenvalue weighted by atomic mass is 9.99. The first-order valence-corrected chi connectivity index (χ1v) is 13.0. The number of phenolic OH excluding ortho intramolecular Hbond substituents is 1. The Morgan fingerprint density at radius 3 is 2.12 bits per heavy atom. The Balaban J connectivity index is 1.38. The van der Waals surface area contributed by atoms with Crippen LogP contribution in [0.3, 0.4) is 0 Å². The topological polar surface area (TPSA) is 88.2 Å². The summed E-state index contributed by atoms with van der Waals surface area (Å²) in [4.78, 5) is 17.6. The standard InChI is InChI=1S/C31H22ClF4N3O3/c1-17-37-30(42-39-17)27(14-18-2-4-19(5-3-18)22-8-12-26(33)25(32)16-22)38-29(41)24-15-21(9-13-28(24)40)20-6-10-23(11-7-20)31(34,35)36/h2-13,15-16,27,40H,14H2,1H3,(H,38,41)/t27-/m1/s1. The predicted molar refractivity (Wildman–Crippen MR) is 148 cm³/mol. The first-order valence-electron chi connectivity index (χ1n) is 12.6. The lowest BCUT2D eigenvalue weighted by Gasteiger charge is -2.17. The summed E-state index contributed by atoms with van der Waals surface area (Å²) in [6.45, 7) is 1.63. The van der Waals surface area contributed by atoms with Gasteiger partial charge in [-0.05, 0) is 71.1 Å². The summed E-state index contributed by atoms with van der Waals surface area (Å²) in [6.07, 6.45) is -4.23. The second kappa shape index (κ2) is 11.7. The molecule has 0 aliphatic carbocycles. The van der Waals surface area contributed by atoms with Gasteiger partial charge in [0.2, 0.25) is 5.89 Å². The highest BCUT2D eigenvalue weighted by Crippen LogP contribution is 2.33. The maximum atomic E-state index is 13.6. The predicted octanol–water partition coefficient (Wildman–Crippen LogP) is 7.94. The van der Waals surface area contributed by atoms with Crippen LogP contribution >= 0.6 is 11.6 Å². The summed E-state index contributed by atoms with van der Waals surface area (Å²) < 4.78 is 57.8. The van der Waals surface area contributed by atoms with Gasteiger partial charge in [0, 0.05) is 6.42 Å². The van der Waals surface area contributed by atoms with Crippen molar-refractivity contribution in [1.29, 1.82) is 0 Å². The van der Waals surface area contributed by atoms with Gasteiger partial charge in [0.1, 0.15) is 17.6 Å². The van der Waals surface area contributed by atoms with Crippen molar-refractivity contribution in [3.63, 3.8) is 0 Å².